The lowest BCUT2D eigenvalue weighted by molar-refractivity contribution is -0.131. The van der Waals surface area contributed by atoms with E-state index in [-0.39, 0.29) is 6.54 Å². The summed E-state index contributed by atoms with van der Waals surface area (Å²) in [5.41, 5.74) is 4.99. The summed E-state index contributed by atoms with van der Waals surface area (Å²) < 4.78 is 0. The van der Waals surface area contributed by atoms with Crippen molar-refractivity contribution in [3.63, 3.8) is 0 Å². The van der Waals surface area contributed by atoms with Gasteiger partial charge < -0.3 is 36.4 Å². The van der Waals surface area contributed by atoms with Gasteiger partial charge in [0.05, 0.1) is 12.7 Å². The molecule has 0 aromatic carbocycles. The molecule has 20 heavy (non-hydrogen) atoms. The van der Waals surface area contributed by atoms with Gasteiger partial charge in [-0.2, -0.15) is 0 Å². The van der Waals surface area contributed by atoms with Crippen molar-refractivity contribution in [1.82, 2.24) is 0 Å². The first kappa shape index (κ1) is 21.0. The van der Waals surface area contributed by atoms with Crippen LogP contribution >= 0.6 is 0 Å². The first-order valence-corrected chi connectivity index (χ1v) is 5.87. The Bertz CT molecular complexity index is 292. The minimum Gasteiger partial charge on any atom is -0.478 e. The van der Waals surface area contributed by atoms with E-state index in [4.69, 9.17) is 36.4 Å². The lowest BCUT2D eigenvalue weighted by Crippen LogP contribution is -2.48. The maximum atomic E-state index is 9.75. The van der Waals surface area contributed by atoms with Crippen LogP contribution < -0.4 is 5.73 Å². The summed E-state index contributed by atoms with van der Waals surface area (Å²) >= 11 is 0. The molecular weight excluding hydrogens is 270 g/mol. The molecule has 0 radical (unpaired) electrons. The van der Waals surface area contributed by atoms with Crippen molar-refractivity contribution < 1.29 is 35.4 Å². The number of carboxylic acid groups (broad SMARTS) is 1. The molecule has 4 unspecified atom stereocenters. The van der Waals surface area contributed by atoms with Gasteiger partial charge in [0.1, 0.15) is 18.3 Å². The van der Waals surface area contributed by atoms with E-state index in [2.05, 4.69) is 0 Å². The third kappa shape index (κ3) is 10.6. The third-order valence-corrected chi connectivity index (χ3v) is 2.11. The van der Waals surface area contributed by atoms with Gasteiger partial charge in [-0.15, -0.1) is 0 Å². The van der Waals surface area contributed by atoms with Gasteiger partial charge in [0, 0.05) is 12.6 Å². The summed E-state index contributed by atoms with van der Waals surface area (Å²) in [7, 11) is 0. The summed E-state index contributed by atoms with van der Waals surface area (Å²) in [5.74, 6) is -0.914. The Morgan fingerprint density at radius 1 is 1.10 bits per heavy atom. The largest absolute Gasteiger partial charge is 0.478 e. The minimum atomic E-state index is -1.59. The molecule has 0 aliphatic carbocycles. The SMILES string of the molecule is C/C=C/C=C/C(=O)O.NCC(O)C(O)C(O)C(O)CO. The van der Waals surface area contributed by atoms with Crippen LogP contribution in [-0.2, 0) is 4.79 Å². The molecule has 0 spiro atoms. The van der Waals surface area contributed by atoms with Crippen LogP contribution in [-0.4, -0.2) is 74.2 Å². The summed E-state index contributed by atoms with van der Waals surface area (Å²) in [6.45, 7) is 0.915. The highest BCUT2D eigenvalue weighted by molar-refractivity contribution is 5.80. The van der Waals surface area contributed by atoms with E-state index in [1.165, 1.54) is 6.08 Å². The summed E-state index contributed by atoms with van der Waals surface area (Å²) in [6.07, 6.45) is 0.0729. The van der Waals surface area contributed by atoms with Crippen molar-refractivity contribution in [2.75, 3.05) is 13.2 Å². The van der Waals surface area contributed by atoms with Crippen LogP contribution in [0.4, 0.5) is 0 Å². The van der Waals surface area contributed by atoms with Crippen molar-refractivity contribution in [2.45, 2.75) is 31.3 Å². The number of carbonyl (C=O) groups is 1. The van der Waals surface area contributed by atoms with Gasteiger partial charge >= 0.3 is 5.97 Å². The number of hydrogen-bond donors (Lipinski definition) is 7. The number of carboxylic acids is 1. The normalized spacial score (nSPS) is 17.4. The van der Waals surface area contributed by atoms with E-state index < -0.39 is 37.0 Å². The van der Waals surface area contributed by atoms with Crippen LogP contribution in [0, 0.1) is 0 Å². The Balaban J connectivity index is 0. The van der Waals surface area contributed by atoms with Crippen molar-refractivity contribution in [1.29, 1.82) is 0 Å². The highest BCUT2D eigenvalue weighted by atomic mass is 16.4. The predicted molar refractivity (Wildman–Crippen MR) is 71.8 cm³/mol. The van der Waals surface area contributed by atoms with E-state index in [9.17, 15) is 4.79 Å². The smallest absolute Gasteiger partial charge is 0.328 e. The zero-order valence-corrected chi connectivity index (χ0v) is 11.2. The van der Waals surface area contributed by atoms with Crippen LogP contribution in [0.3, 0.4) is 0 Å². The molecule has 0 amide bonds. The molecule has 118 valence electrons. The molecule has 8 heteroatoms. The first-order chi connectivity index (χ1) is 9.31. The zero-order valence-electron chi connectivity index (χ0n) is 11.2. The van der Waals surface area contributed by atoms with E-state index in [0.717, 1.165) is 6.08 Å². The molecule has 0 saturated heterocycles. The highest BCUT2D eigenvalue weighted by Gasteiger charge is 2.28. The summed E-state index contributed by atoms with van der Waals surface area (Å²) in [4.78, 5) is 9.75. The number of aliphatic hydroxyl groups excluding tert-OH is 5. The molecule has 0 aliphatic rings. The van der Waals surface area contributed by atoms with Crippen LogP contribution in [0.5, 0.6) is 0 Å². The zero-order chi connectivity index (χ0) is 16.1. The number of aliphatic hydroxyl groups is 5. The first-order valence-electron chi connectivity index (χ1n) is 5.87. The van der Waals surface area contributed by atoms with Gasteiger partial charge in [-0.1, -0.05) is 18.2 Å². The molecule has 0 rings (SSSR count). The molecule has 0 aromatic rings. The van der Waals surface area contributed by atoms with Gasteiger partial charge in [-0.25, -0.2) is 4.79 Å². The molecular formula is C12H23NO7. The molecule has 0 aromatic heterocycles. The molecule has 8 N–H and O–H groups in total. The Morgan fingerprint density at radius 2 is 1.60 bits per heavy atom. The molecule has 0 saturated carbocycles. The Morgan fingerprint density at radius 3 is 1.95 bits per heavy atom. The number of aliphatic carboxylic acids is 1. The van der Waals surface area contributed by atoms with Gasteiger partial charge in [-0.05, 0) is 6.92 Å². The van der Waals surface area contributed by atoms with Crippen molar-refractivity contribution in [3.05, 3.63) is 24.3 Å². The van der Waals surface area contributed by atoms with Crippen LogP contribution in [0.1, 0.15) is 6.92 Å². The van der Waals surface area contributed by atoms with Crippen molar-refractivity contribution >= 4 is 5.97 Å². The van der Waals surface area contributed by atoms with Gasteiger partial charge in [-0.3, -0.25) is 0 Å². The lowest BCUT2D eigenvalue weighted by Gasteiger charge is -2.24. The van der Waals surface area contributed by atoms with Crippen molar-refractivity contribution in [2.24, 2.45) is 5.73 Å². The lowest BCUT2D eigenvalue weighted by atomic mass is 10.0. The standard InChI is InChI=1S/C6H15NO5.C6H8O2/c7-1-3(9)5(11)6(12)4(10)2-8;1-2-3-4-5-6(7)8/h3-6,8-12H,1-2,7H2;2-5H,1H3,(H,7,8)/b;3-2+,5-4+. The summed E-state index contributed by atoms with van der Waals surface area (Å²) in [6, 6.07) is 0. The third-order valence-electron chi connectivity index (χ3n) is 2.11. The fraction of sp³-hybridized carbons (Fsp3) is 0.583. The average molecular weight is 293 g/mol. The number of allylic oxidation sites excluding steroid dienone is 3. The second-order valence-electron chi connectivity index (χ2n) is 3.76. The molecule has 0 heterocycles. The molecule has 4 atom stereocenters. The van der Waals surface area contributed by atoms with Gasteiger partial charge in [0.15, 0.2) is 0 Å². The Labute approximate surface area is 117 Å². The van der Waals surface area contributed by atoms with E-state index in [1.54, 1.807) is 12.2 Å². The van der Waals surface area contributed by atoms with Gasteiger partial charge in [0.25, 0.3) is 0 Å². The maximum absolute atomic E-state index is 9.75. The Kier molecular flexibility index (Phi) is 13.4. The van der Waals surface area contributed by atoms with E-state index in [1.807, 2.05) is 6.92 Å². The monoisotopic (exact) mass is 293 g/mol. The predicted octanol–water partition coefficient (Wildman–Crippen LogP) is -2.42. The maximum Gasteiger partial charge on any atom is 0.328 e. The number of nitrogens with two attached hydrogens (primary N) is 1. The summed E-state index contributed by atoms with van der Waals surface area (Å²) in [5, 5.41) is 52.2. The molecule has 8 nitrogen and oxygen atoms in total. The second kappa shape index (κ2) is 12.7. The quantitative estimate of drug-likeness (QED) is 0.201. The van der Waals surface area contributed by atoms with Crippen LogP contribution in [0.2, 0.25) is 0 Å². The fourth-order valence-electron chi connectivity index (χ4n) is 0.952. The average Bonchev–Trinajstić information content (AvgIpc) is 2.44. The van der Waals surface area contributed by atoms with E-state index in [0.29, 0.717) is 0 Å². The van der Waals surface area contributed by atoms with Crippen molar-refractivity contribution in [3.8, 4) is 0 Å². The topological polar surface area (TPSA) is 164 Å². The number of hydrogen-bond acceptors (Lipinski definition) is 7. The highest BCUT2D eigenvalue weighted by Crippen LogP contribution is 2.03. The molecule has 0 bridgehead atoms. The van der Waals surface area contributed by atoms with E-state index >= 15 is 0 Å². The molecule has 0 fully saturated rings. The number of rotatable bonds is 7. The van der Waals surface area contributed by atoms with Crippen LogP contribution in [0.25, 0.3) is 0 Å². The van der Waals surface area contributed by atoms with Crippen LogP contribution in [0.15, 0.2) is 24.3 Å². The Hall–Kier alpha value is -1.29. The second-order valence-corrected chi connectivity index (χ2v) is 3.76. The molecule has 0 aliphatic heterocycles. The van der Waals surface area contributed by atoms with Gasteiger partial charge in [0.2, 0.25) is 0 Å². The fourth-order valence-corrected chi connectivity index (χ4v) is 0.952. The minimum absolute atomic E-state index is 0.226.